The van der Waals surface area contributed by atoms with Crippen molar-refractivity contribution in [2.75, 3.05) is 18.4 Å². The Morgan fingerprint density at radius 2 is 1.54 bits per heavy atom. The molecule has 0 bridgehead atoms. The van der Waals surface area contributed by atoms with E-state index in [1.165, 1.54) is 24.8 Å². The van der Waals surface area contributed by atoms with Crippen LogP contribution in [0, 0.1) is 6.92 Å². The van der Waals surface area contributed by atoms with Crippen LogP contribution >= 0.6 is 11.3 Å². The summed E-state index contributed by atoms with van der Waals surface area (Å²) in [6, 6.07) is 9.71. The fourth-order valence-electron chi connectivity index (χ4n) is 3.87. The van der Waals surface area contributed by atoms with Crippen molar-refractivity contribution in [2.24, 2.45) is 0 Å². The molecule has 0 aliphatic heterocycles. The van der Waals surface area contributed by atoms with E-state index < -0.39 is 17.6 Å². The Morgan fingerprint density at radius 3 is 2.22 bits per heavy atom. The van der Waals surface area contributed by atoms with Crippen molar-refractivity contribution >= 4 is 34.2 Å². The molecule has 0 saturated heterocycles. The lowest BCUT2D eigenvalue weighted by Crippen LogP contribution is -2.30. The summed E-state index contributed by atoms with van der Waals surface area (Å²) in [4.78, 5) is 38.9. The first kappa shape index (κ1) is 30.4. The first-order valence-electron chi connectivity index (χ1n) is 13.4. The van der Waals surface area contributed by atoms with E-state index in [9.17, 15) is 14.4 Å². The molecule has 3 amide bonds. The molecule has 204 valence electrons. The largest absolute Gasteiger partial charge is 0.456 e. The quantitative estimate of drug-likeness (QED) is 0.184. The van der Waals surface area contributed by atoms with Crippen LogP contribution in [-0.2, 0) is 11.2 Å². The van der Waals surface area contributed by atoms with Gasteiger partial charge in [-0.15, -0.1) is 11.3 Å². The molecule has 1 aromatic carbocycles. The van der Waals surface area contributed by atoms with Gasteiger partial charge in [0.05, 0.1) is 10.4 Å². The molecule has 8 heteroatoms. The maximum atomic E-state index is 13.0. The van der Waals surface area contributed by atoms with Gasteiger partial charge in [0.2, 0.25) is 0 Å². The number of ether oxygens (including phenoxy) is 1. The predicted molar refractivity (Wildman–Crippen MR) is 152 cm³/mol. The molecular formula is C29H43N3O4S. The SMILES string of the molecule is CCCCCCCCNC(=O)Nc1sc(C(=O)NCCCc2ccccc2)c(C)c1C(=O)OC(C)(C)C. The number of anilines is 1. The van der Waals surface area contributed by atoms with Crippen LogP contribution in [0.4, 0.5) is 9.80 Å². The van der Waals surface area contributed by atoms with Gasteiger partial charge < -0.3 is 15.4 Å². The van der Waals surface area contributed by atoms with Crippen LogP contribution in [0.3, 0.4) is 0 Å². The highest BCUT2D eigenvalue weighted by Gasteiger charge is 2.29. The fourth-order valence-corrected chi connectivity index (χ4v) is 4.97. The molecule has 1 heterocycles. The Morgan fingerprint density at radius 1 is 0.892 bits per heavy atom. The minimum atomic E-state index is -0.706. The lowest BCUT2D eigenvalue weighted by atomic mass is 10.1. The standard InChI is InChI=1S/C29H43N3O4S/c1-6-7-8-9-10-14-19-31-28(35)32-26-23(27(34)36-29(3,4)5)21(2)24(37-26)25(33)30-20-15-18-22-16-12-11-13-17-22/h11-13,16-17H,6-10,14-15,18-20H2,1-5H3,(H,30,33)(H2,31,32,35). The molecule has 0 aliphatic carbocycles. The summed E-state index contributed by atoms with van der Waals surface area (Å²) in [6.45, 7) is 10.3. The van der Waals surface area contributed by atoms with E-state index >= 15 is 0 Å². The van der Waals surface area contributed by atoms with E-state index in [1.54, 1.807) is 27.7 Å². The molecule has 2 rings (SSSR count). The van der Waals surface area contributed by atoms with E-state index in [0.717, 1.165) is 43.4 Å². The zero-order valence-electron chi connectivity index (χ0n) is 23.0. The smallest absolute Gasteiger partial charge is 0.341 e. The van der Waals surface area contributed by atoms with Crippen LogP contribution in [0.15, 0.2) is 30.3 Å². The number of carbonyl (C=O) groups is 3. The van der Waals surface area contributed by atoms with Crippen molar-refractivity contribution in [2.45, 2.75) is 91.6 Å². The molecule has 7 nitrogen and oxygen atoms in total. The third-order valence-corrected chi connectivity index (χ3v) is 6.98. The van der Waals surface area contributed by atoms with Gasteiger partial charge in [0.15, 0.2) is 0 Å². The van der Waals surface area contributed by atoms with Crippen molar-refractivity contribution in [3.63, 3.8) is 0 Å². The van der Waals surface area contributed by atoms with Gasteiger partial charge >= 0.3 is 12.0 Å². The van der Waals surface area contributed by atoms with E-state index in [1.807, 2.05) is 18.2 Å². The second-order valence-corrected chi connectivity index (χ2v) is 11.3. The van der Waals surface area contributed by atoms with Crippen LogP contribution in [0.5, 0.6) is 0 Å². The number of hydrogen-bond donors (Lipinski definition) is 3. The Kier molecular flexibility index (Phi) is 12.6. The lowest BCUT2D eigenvalue weighted by Gasteiger charge is -2.20. The molecule has 0 radical (unpaired) electrons. The summed E-state index contributed by atoms with van der Waals surface area (Å²) in [5, 5.41) is 8.90. The average Bonchev–Trinajstić information content (AvgIpc) is 3.16. The Bertz CT molecular complexity index is 1010. The summed E-state index contributed by atoms with van der Waals surface area (Å²) < 4.78 is 5.58. The number of thiophene rings is 1. The number of nitrogens with one attached hydrogen (secondary N) is 3. The molecule has 0 saturated carbocycles. The summed E-state index contributed by atoms with van der Waals surface area (Å²) in [6.07, 6.45) is 8.44. The van der Waals surface area contributed by atoms with E-state index in [0.29, 0.717) is 28.5 Å². The van der Waals surface area contributed by atoms with Gasteiger partial charge in [-0.05, 0) is 58.1 Å². The monoisotopic (exact) mass is 529 g/mol. The second-order valence-electron chi connectivity index (χ2n) is 10.3. The van der Waals surface area contributed by atoms with Gasteiger partial charge in [0.1, 0.15) is 10.6 Å². The van der Waals surface area contributed by atoms with Gasteiger partial charge in [-0.25, -0.2) is 9.59 Å². The minimum Gasteiger partial charge on any atom is -0.456 e. The van der Waals surface area contributed by atoms with E-state index in [-0.39, 0.29) is 11.5 Å². The number of rotatable bonds is 14. The topological polar surface area (TPSA) is 96.5 Å². The maximum Gasteiger partial charge on any atom is 0.341 e. The number of unbranched alkanes of at least 4 members (excludes halogenated alkanes) is 5. The average molecular weight is 530 g/mol. The van der Waals surface area contributed by atoms with E-state index in [2.05, 4.69) is 35.0 Å². The van der Waals surface area contributed by atoms with Gasteiger partial charge in [0, 0.05) is 13.1 Å². The van der Waals surface area contributed by atoms with Crippen LogP contribution in [0.2, 0.25) is 0 Å². The van der Waals surface area contributed by atoms with Gasteiger partial charge in [-0.2, -0.15) is 0 Å². The van der Waals surface area contributed by atoms with Crippen molar-refractivity contribution < 1.29 is 19.1 Å². The number of aryl methyl sites for hydroxylation is 1. The van der Waals surface area contributed by atoms with Gasteiger partial charge in [0.25, 0.3) is 5.91 Å². The van der Waals surface area contributed by atoms with Crippen LogP contribution in [-0.4, -0.2) is 36.6 Å². The molecule has 0 atom stereocenters. The number of amides is 3. The Hall–Kier alpha value is -2.87. The normalized spacial score (nSPS) is 11.2. The highest BCUT2D eigenvalue weighted by molar-refractivity contribution is 7.18. The van der Waals surface area contributed by atoms with Gasteiger partial charge in [-0.1, -0.05) is 69.4 Å². The zero-order valence-corrected chi connectivity index (χ0v) is 23.8. The fraction of sp³-hybridized carbons (Fsp3) is 0.552. The Labute approximate surface area is 225 Å². The minimum absolute atomic E-state index is 0.226. The van der Waals surface area contributed by atoms with Gasteiger partial charge in [-0.3, -0.25) is 10.1 Å². The molecule has 37 heavy (non-hydrogen) atoms. The highest BCUT2D eigenvalue weighted by atomic mass is 32.1. The number of hydrogen-bond acceptors (Lipinski definition) is 5. The second kappa shape index (κ2) is 15.4. The maximum absolute atomic E-state index is 13.0. The summed E-state index contributed by atoms with van der Waals surface area (Å²) in [5.74, 6) is -0.823. The zero-order chi connectivity index (χ0) is 27.3. The first-order valence-corrected chi connectivity index (χ1v) is 14.2. The molecule has 0 fully saturated rings. The molecule has 3 N–H and O–H groups in total. The summed E-state index contributed by atoms with van der Waals surface area (Å²) in [7, 11) is 0. The molecule has 2 aromatic rings. The third kappa shape index (κ3) is 11.0. The van der Waals surface area contributed by atoms with Crippen molar-refractivity contribution in [3.05, 3.63) is 51.9 Å². The predicted octanol–water partition coefficient (Wildman–Crippen LogP) is 6.86. The molecule has 0 unspecified atom stereocenters. The first-order chi connectivity index (χ1) is 17.6. The van der Waals surface area contributed by atoms with Crippen LogP contribution < -0.4 is 16.0 Å². The van der Waals surface area contributed by atoms with Crippen LogP contribution in [0.25, 0.3) is 0 Å². The molecule has 1 aromatic heterocycles. The van der Waals surface area contributed by atoms with Crippen LogP contribution in [0.1, 0.15) is 104 Å². The molecule has 0 spiro atoms. The van der Waals surface area contributed by atoms with E-state index in [4.69, 9.17) is 4.74 Å². The molecule has 0 aliphatic rings. The third-order valence-electron chi connectivity index (χ3n) is 5.77. The summed E-state index contributed by atoms with van der Waals surface area (Å²) in [5.41, 5.74) is 1.24. The van der Waals surface area contributed by atoms with Crippen molar-refractivity contribution in [1.29, 1.82) is 0 Å². The number of esters is 1. The van der Waals surface area contributed by atoms with Crippen molar-refractivity contribution in [3.8, 4) is 0 Å². The lowest BCUT2D eigenvalue weighted by molar-refractivity contribution is 0.00705. The highest BCUT2D eigenvalue weighted by Crippen LogP contribution is 2.34. The number of urea groups is 1. The number of benzene rings is 1. The summed E-state index contributed by atoms with van der Waals surface area (Å²) >= 11 is 1.10. The number of carbonyl (C=O) groups excluding carboxylic acids is 3. The van der Waals surface area contributed by atoms with Crippen molar-refractivity contribution in [1.82, 2.24) is 10.6 Å². The molecular weight excluding hydrogens is 486 g/mol. The Balaban J connectivity index is 2.02.